The topological polar surface area (TPSA) is 67.8 Å². The molecule has 0 spiro atoms. The van der Waals surface area contributed by atoms with Gasteiger partial charge in [-0.05, 0) is 63.9 Å². The van der Waals surface area contributed by atoms with Crippen LogP contribution in [-0.4, -0.2) is 37.2 Å². The number of ether oxygens (including phenoxy) is 2. The first-order valence-electron chi connectivity index (χ1n) is 9.99. The average molecular weight is 385 g/mol. The molecule has 1 heterocycles. The van der Waals surface area contributed by atoms with Gasteiger partial charge in [-0.25, -0.2) is 4.99 Å². The number of pyridine rings is 1. The van der Waals surface area contributed by atoms with Crippen LogP contribution in [0.4, 0.5) is 0 Å². The Hall–Kier alpha value is -2.76. The number of nitrogens with zero attached hydrogens (tertiary/aromatic N) is 2. The first kappa shape index (κ1) is 21.5. The van der Waals surface area contributed by atoms with Gasteiger partial charge >= 0.3 is 0 Å². The fourth-order valence-electron chi connectivity index (χ4n) is 2.77. The number of aryl methyl sites for hydroxylation is 1. The molecule has 0 aliphatic rings. The zero-order chi connectivity index (χ0) is 20.2. The molecule has 0 radical (unpaired) electrons. The largest absolute Gasteiger partial charge is 0.490 e. The molecule has 2 N–H and O–H groups in total. The third-order valence-corrected chi connectivity index (χ3v) is 4.00. The molecule has 6 heteroatoms. The number of benzene rings is 1. The first-order chi connectivity index (χ1) is 13.7. The lowest BCUT2D eigenvalue weighted by Gasteiger charge is -2.14. The van der Waals surface area contributed by atoms with Crippen molar-refractivity contribution in [2.45, 2.75) is 40.7 Å². The van der Waals surface area contributed by atoms with Crippen molar-refractivity contribution in [3.63, 3.8) is 0 Å². The van der Waals surface area contributed by atoms with Gasteiger partial charge in [0.1, 0.15) is 0 Å². The van der Waals surface area contributed by atoms with E-state index in [1.54, 1.807) is 0 Å². The van der Waals surface area contributed by atoms with Crippen molar-refractivity contribution >= 4 is 5.96 Å². The quantitative estimate of drug-likeness (QED) is 0.485. The van der Waals surface area contributed by atoms with Crippen molar-refractivity contribution in [3.8, 4) is 11.5 Å². The van der Waals surface area contributed by atoms with E-state index in [4.69, 9.17) is 9.47 Å². The van der Waals surface area contributed by atoms with Crippen molar-refractivity contribution in [3.05, 3.63) is 53.3 Å². The van der Waals surface area contributed by atoms with E-state index in [-0.39, 0.29) is 0 Å². The van der Waals surface area contributed by atoms with Crippen LogP contribution in [0.25, 0.3) is 0 Å². The number of hydrogen-bond donors (Lipinski definition) is 2. The summed E-state index contributed by atoms with van der Waals surface area (Å²) in [7, 11) is 0. The van der Waals surface area contributed by atoms with E-state index in [1.807, 2.05) is 45.0 Å². The predicted molar refractivity (Wildman–Crippen MR) is 114 cm³/mol. The summed E-state index contributed by atoms with van der Waals surface area (Å²) in [5.41, 5.74) is 3.16. The Labute approximate surface area is 168 Å². The van der Waals surface area contributed by atoms with E-state index in [1.165, 1.54) is 5.56 Å². The van der Waals surface area contributed by atoms with Gasteiger partial charge in [-0.15, -0.1) is 0 Å². The second kappa shape index (κ2) is 11.8. The van der Waals surface area contributed by atoms with Gasteiger partial charge in [0.25, 0.3) is 0 Å². The van der Waals surface area contributed by atoms with E-state index in [9.17, 15) is 0 Å². The molecule has 1 aromatic heterocycles. The lowest BCUT2D eigenvalue weighted by Crippen LogP contribution is -2.38. The Kier molecular flexibility index (Phi) is 9.11. The molecular formula is C22H32N4O2. The van der Waals surface area contributed by atoms with Crippen LogP contribution in [0.15, 0.2) is 41.4 Å². The summed E-state index contributed by atoms with van der Waals surface area (Å²) in [6.45, 7) is 11.4. The van der Waals surface area contributed by atoms with E-state index < -0.39 is 0 Å². The fraction of sp³-hybridized carbons (Fsp3) is 0.455. The average Bonchev–Trinajstić information content (AvgIpc) is 2.68. The monoisotopic (exact) mass is 384 g/mol. The van der Waals surface area contributed by atoms with Crippen molar-refractivity contribution in [1.82, 2.24) is 15.6 Å². The number of rotatable bonds is 10. The summed E-state index contributed by atoms with van der Waals surface area (Å²) < 4.78 is 11.3. The highest BCUT2D eigenvalue weighted by Gasteiger charge is 2.06. The Morgan fingerprint density at radius 1 is 1.00 bits per heavy atom. The van der Waals surface area contributed by atoms with Crippen LogP contribution in [-0.2, 0) is 13.0 Å². The second-order valence-corrected chi connectivity index (χ2v) is 6.29. The molecule has 0 amide bonds. The molecule has 28 heavy (non-hydrogen) atoms. The molecular weight excluding hydrogens is 352 g/mol. The van der Waals surface area contributed by atoms with Gasteiger partial charge in [-0.2, -0.15) is 0 Å². The number of nitrogens with one attached hydrogen (secondary N) is 2. The van der Waals surface area contributed by atoms with Gasteiger partial charge in [-0.1, -0.05) is 12.1 Å². The minimum atomic E-state index is 0.550. The fourth-order valence-corrected chi connectivity index (χ4v) is 2.77. The van der Waals surface area contributed by atoms with Gasteiger partial charge < -0.3 is 20.1 Å². The van der Waals surface area contributed by atoms with Crippen LogP contribution in [0.2, 0.25) is 0 Å². The molecule has 152 valence electrons. The lowest BCUT2D eigenvalue weighted by atomic mass is 10.1. The Bertz CT molecular complexity index is 762. The number of aromatic nitrogens is 1. The van der Waals surface area contributed by atoms with Crippen LogP contribution in [0.3, 0.4) is 0 Å². The number of hydrogen-bond acceptors (Lipinski definition) is 4. The maximum absolute atomic E-state index is 5.70. The Morgan fingerprint density at radius 2 is 1.79 bits per heavy atom. The SMILES string of the molecule is CCNC(=NCc1cccc(C)n1)NCCc1ccc(OCC)c(OCC)c1. The van der Waals surface area contributed by atoms with Crippen molar-refractivity contribution in [1.29, 1.82) is 0 Å². The molecule has 0 aliphatic carbocycles. The summed E-state index contributed by atoms with van der Waals surface area (Å²) in [5, 5.41) is 6.66. The van der Waals surface area contributed by atoms with Crippen LogP contribution in [0, 0.1) is 6.92 Å². The molecule has 0 unspecified atom stereocenters. The Morgan fingerprint density at radius 3 is 2.50 bits per heavy atom. The van der Waals surface area contributed by atoms with E-state index in [0.29, 0.717) is 19.8 Å². The molecule has 0 aliphatic heterocycles. The van der Waals surface area contributed by atoms with Crippen molar-refractivity contribution in [2.24, 2.45) is 4.99 Å². The molecule has 0 saturated carbocycles. The van der Waals surface area contributed by atoms with E-state index in [0.717, 1.165) is 48.4 Å². The standard InChI is InChI=1S/C22H32N4O2/c1-5-23-22(25-16-19-10-8-9-17(4)26-19)24-14-13-18-11-12-20(27-6-2)21(15-18)28-7-3/h8-12,15H,5-7,13-14,16H2,1-4H3,(H2,23,24,25). The van der Waals surface area contributed by atoms with Gasteiger partial charge in [0.2, 0.25) is 0 Å². The molecule has 0 fully saturated rings. The molecule has 2 rings (SSSR count). The third-order valence-electron chi connectivity index (χ3n) is 4.00. The van der Waals surface area contributed by atoms with Crippen LogP contribution >= 0.6 is 0 Å². The van der Waals surface area contributed by atoms with Crippen LogP contribution in [0.1, 0.15) is 37.7 Å². The minimum absolute atomic E-state index is 0.550. The molecule has 6 nitrogen and oxygen atoms in total. The zero-order valence-corrected chi connectivity index (χ0v) is 17.4. The maximum atomic E-state index is 5.70. The maximum Gasteiger partial charge on any atom is 0.191 e. The van der Waals surface area contributed by atoms with Gasteiger partial charge in [0.15, 0.2) is 17.5 Å². The molecule has 0 bridgehead atoms. The number of guanidine groups is 1. The molecule has 0 saturated heterocycles. The highest BCUT2D eigenvalue weighted by atomic mass is 16.5. The minimum Gasteiger partial charge on any atom is -0.490 e. The normalized spacial score (nSPS) is 11.2. The van der Waals surface area contributed by atoms with Gasteiger partial charge in [0, 0.05) is 18.8 Å². The zero-order valence-electron chi connectivity index (χ0n) is 17.4. The predicted octanol–water partition coefficient (Wildman–Crippen LogP) is 3.49. The summed E-state index contributed by atoms with van der Waals surface area (Å²) in [6.07, 6.45) is 0.861. The highest BCUT2D eigenvalue weighted by molar-refractivity contribution is 5.79. The van der Waals surface area contributed by atoms with E-state index >= 15 is 0 Å². The highest BCUT2D eigenvalue weighted by Crippen LogP contribution is 2.28. The van der Waals surface area contributed by atoms with Crippen molar-refractivity contribution in [2.75, 3.05) is 26.3 Å². The lowest BCUT2D eigenvalue weighted by molar-refractivity contribution is 0.287. The summed E-state index contributed by atoms with van der Waals surface area (Å²) in [6, 6.07) is 12.1. The first-order valence-corrected chi connectivity index (χ1v) is 9.99. The van der Waals surface area contributed by atoms with Crippen LogP contribution in [0.5, 0.6) is 11.5 Å². The summed E-state index contributed by atoms with van der Waals surface area (Å²) in [4.78, 5) is 9.12. The van der Waals surface area contributed by atoms with Crippen molar-refractivity contribution < 1.29 is 9.47 Å². The summed E-state index contributed by atoms with van der Waals surface area (Å²) >= 11 is 0. The van der Waals surface area contributed by atoms with Gasteiger partial charge in [-0.3, -0.25) is 4.98 Å². The van der Waals surface area contributed by atoms with Crippen LogP contribution < -0.4 is 20.1 Å². The van der Waals surface area contributed by atoms with Gasteiger partial charge in [0.05, 0.1) is 25.5 Å². The third kappa shape index (κ3) is 7.10. The molecule has 2 aromatic rings. The number of aliphatic imine (C=N–C) groups is 1. The summed E-state index contributed by atoms with van der Waals surface area (Å²) in [5.74, 6) is 2.39. The van der Waals surface area contributed by atoms with E-state index in [2.05, 4.69) is 39.7 Å². The molecule has 1 aromatic carbocycles. The smallest absolute Gasteiger partial charge is 0.191 e. The molecule has 0 atom stereocenters. The second-order valence-electron chi connectivity index (χ2n) is 6.29. The Balaban J connectivity index is 1.94.